The van der Waals surface area contributed by atoms with Crippen LogP contribution in [0, 0.1) is 11.3 Å². The van der Waals surface area contributed by atoms with Crippen LogP contribution in [0.15, 0.2) is 30.3 Å². The first-order valence-corrected chi connectivity index (χ1v) is 2.84. The van der Waals surface area contributed by atoms with E-state index in [1.54, 1.807) is 0 Å². The minimum absolute atomic E-state index is 0.515. The molecular formula is C8H7N. The van der Waals surface area contributed by atoms with Gasteiger partial charge in [-0.1, -0.05) is 30.3 Å². The zero-order chi connectivity index (χ0) is 6.53. The van der Waals surface area contributed by atoms with Crippen LogP contribution >= 0.6 is 0 Å². The summed E-state index contributed by atoms with van der Waals surface area (Å²) >= 11 is 0. The van der Waals surface area contributed by atoms with E-state index in [-0.39, 0.29) is 0 Å². The summed E-state index contributed by atoms with van der Waals surface area (Å²) in [5.74, 6) is 0. The summed E-state index contributed by atoms with van der Waals surface area (Å²) < 4.78 is 0. The van der Waals surface area contributed by atoms with Gasteiger partial charge in [0.1, 0.15) is 0 Å². The van der Waals surface area contributed by atoms with Crippen molar-refractivity contribution in [3.05, 3.63) is 35.9 Å². The molecule has 0 amide bonds. The number of benzene rings is 1. The maximum Gasteiger partial charge on any atom is 0.0669 e. The average Bonchev–Trinajstić information content (AvgIpc) is 1.91. The van der Waals surface area contributed by atoms with Crippen LogP contribution < -0.4 is 0 Å². The Bertz CT molecular complexity index is 208. The predicted molar refractivity (Wildman–Crippen MR) is 35.8 cm³/mol. The summed E-state index contributed by atoms with van der Waals surface area (Å²) in [6, 6.07) is 11.8. The molecule has 0 aliphatic rings. The molecule has 1 aromatic carbocycles. The molecule has 0 heterocycles. The van der Waals surface area contributed by atoms with E-state index >= 15 is 0 Å². The highest BCUT2D eigenvalue weighted by Gasteiger charge is 1.84. The Morgan fingerprint density at radius 1 is 1.22 bits per heavy atom. The molecule has 0 unspecified atom stereocenters. The lowest BCUT2D eigenvalue weighted by Crippen LogP contribution is -1.76. The van der Waals surface area contributed by atoms with E-state index in [0.29, 0.717) is 6.42 Å². The highest BCUT2D eigenvalue weighted by atomic mass is 14.4. The molecule has 9 heavy (non-hydrogen) atoms. The first-order chi connectivity index (χ1) is 4.43. The lowest BCUT2D eigenvalue weighted by atomic mass is 10.2. The van der Waals surface area contributed by atoms with Crippen molar-refractivity contribution < 1.29 is 0 Å². The second-order valence-electron chi connectivity index (χ2n) is 1.82. The minimum Gasteiger partial charge on any atom is -0.198 e. The lowest BCUT2D eigenvalue weighted by Gasteiger charge is -1.88. The van der Waals surface area contributed by atoms with E-state index in [4.69, 9.17) is 5.26 Å². The molecule has 1 aromatic rings. The maximum atomic E-state index is 8.27. The van der Waals surface area contributed by atoms with Crippen molar-refractivity contribution in [3.63, 3.8) is 0 Å². The first-order valence-electron chi connectivity index (χ1n) is 2.84. The van der Waals surface area contributed by atoms with Crippen LogP contribution in [0.1, 0.15) is 5.56 Å². The van der Waals surface area contributed by atoms with Crippen LogP contribution in [0.25, 0.3) is 0 Å². The first kappa shape index (κ1) is 5.84. The van der Waals surface area contributed by atoms with E-state index in [1.165, 1.54) is 0 Å². The van der Waals surface area contributed by atoms with Crippen LogP contribution in [-0.2, 0) is 6.42 Å². The minimum atomic E-state index is 0.515. The molecule has 0 N–H and O–H groups in total. The molecule has 0 atom stereocenters. The van der Waals surface area contributed by atoms with E-state index in [2.05, 4.69) is 6.07 Å². The molecule has 1 rings (SSSR count). The number of hydrogen-bond acceptors (Lipinski definition) is 1. The lowest BCUT2D eigenvalue weighted by molar-refractivity contribution is 1.26. The summed E-state index contributed by atoms with van der Waals surface area (Å²) in [6.45, 7) is 0. The smallest absolute Gasteiger partial charge is 0.0669 e. The largest absolute Gasteiger partial charge is 0.198 e. The van der Waals surface area contributed by atoms with Crippen LogP contribution in [0.2, 0.25) is 0 Å². The molecule has 0 bridgehead atoms. The zero-order valence-corrected chi connectivity index (χ0v) is 5.04. The molecule has 0 aliphatic carbocycles. The monoisotopic (exact) mass is 118 g/mol. The average molecular weight is 118 g/mol. The predicted octanol–water partition coefficient (Wildman–Crippen LogP) is 1.75. The van der Waals surface area contributed by atoms with Gasteiger partial charge in [0, 0.05) is 0 Å². The Morgan fingerprint density at radius 2 is 1.89 bits per heavy atom. The summed E-state index contributed by atoms with van der Waals surface area (Å²) in [7, 11) is 0. The van der Waals surface area contributed by atoms with E-state index in [9.17, 15) is 0 Å². The molecular weight excluding hydrogens is 111 g/mol. The van der Waals surface area contributed by atoms with Crippen molar-refractivity contribution in [1.82, 2.24) is 0 Å². The van der Waals surface area contributed by atoms with Gasteiger partial charge < -0.3 is 0 Å². The Balaban J connectivity index is 2.76. The van der Waals surface area contributed by atoms with Gasteiger partial charge in [-0.2, -0.15) is 5.26 Å². The van der Waals surface area contributed by atoms with Gasteiger partial charge in [0.05, 0.1) is 12.5 Å². The normalized spacial score (nSPS) is 8.33. The van der Waals surface area contributed by atoms with Crippen LogP contribution in [-0.4, -0.2) is 0 Å². The van der Waals surface area contributed by atoms with Crippen molar-refractivity contribution in [2.45, 2.75) is 6.42 Å². The Kier molecular flexibility index (Phi) is 1.87. The van der Waals surface area contributed by atoms with Gasteiger partial charge in [0.15, 0.2) is 0 Å². The molecule has 0 saturated carbocycles. The van der Waals surface area contributed by atoms with Gasteiger partial charge in [0.25, 0.3) is 0 Å². The molecule has 0 saturated heterocycles. The topological polar surface area (TPSA) is 23.8 Å². The fourth-order valence-electron chi connectivity index (χ4n) is 0.687. The summed E-state index contributed by atoms with van der Waals surface area (Å²) in [6.07, 6.45) is 0.515. The van der Waals surface area contributed by atoms with Crippen molar-refractivity contribution in [3.8, 4) is 6.07 Å². The van der Waals surface area contributed by atoms with Gasteiger partial charge in [-0.3, -0.25) is 0 Å². The Labute approximate surface area is 54.6 Å². The van der Waals surface area contributed by atoms with Crippen molar-refractivity contribution in [2.24, 2.45) is 0 Å². The molecule has 0 fully saturated rings. The van der Waals surface area contributed by atoms with E-state index in [1.807, 2.05) is 30.3 Å². The Hall–Kier alpha value is -1.29. The van der Waals surface area contributed by atoms with Gasteiger partial charge in [-0.05, 0) is 5.56 Å². The highest BCUT2D eigenvalue weighted by Crippen LogP contribution is 1.96. The number of nitriles is 1. The molecule has 0 radical (unpaired) electrons. The van der Waals surface area contributed by atoms with E-state index in [0.717, 1.165) is 5.56 Å². The standard InChI is InChI=1S/C8H7N/c9-7-6-8-4-2-1-3-5-8/h1-5H,6H2/i7+1. The summed E-state index contributed by atoms with van der Waals surface area (Å²) in [4.78, 5) is 0. The molecule has 44 valence electrons. The SMILES string of the molecule is N#[13C]Cc1ccccc1. The maximum absolute atomic E-state index is 8.27. The number of nitrogens with zero attached hydrogens (tertiary/aromatic N) is 1. The fraction of sp³-hybridized carbons (Fsp3) is 0.125. The van der Waals surface area contributed by atoms with Crippen molar-refractivity contribution in [1.29, 1.82) is 5.26 Å². The Morgan fingerprint density at radius 3 is 2.44 bits per heavy atom. The molecule has 0 aromatic heterocycles. The van der Waals surface area contributed by atoms with Gasteiger partial charge >= 0.3 is 0 Å². The van der Waals surface area contributed by atoms with Gasteiger partial charge in [-0.25, -0.2) is 0 Å². The zero-order valence-electron chi connectivity index (χ0n) is 5.04. The van der Waals surface area contributed by atoms with E-state index < -0.39 is 0 Å². The van der Waals surface area contributed by atoms with Crippen LogP contribution in [0.4, 0.5) is 0 Å². The quantitative estimate of drug-likeness (QED) is 0.515. The number of rotatable bonds is 1. The molecule has 1 nitrogen and oxygen atoms in total. The van der Waals surface area contributed by atoms with Crippen molar-refractivity contribution >= 4 is 0 Å². The summed E-state index contributed by atoms with van der Waals surface area (Å²) in [5, 5.41) is 8.27. The highest BCUT2D eigenvalue weighted by molar-refractivity contribution is 5.17. The van der Waals surface area contributed by atoms with Crippen LogP contribution in [0.5, 0.6) is 0 Å². The third-order valence-corrected chi connectivity index (χ3v) is 1.13. The molecule has 0 spiro atoms. The van der Waals surface area contributed by atoms with Gasteiger partial charge in [0.2, 0.25) is 0 Å². The summed E-state index contributed by atoms with van der Waals surface area (Å²) in [5.41, 5.74) is 1.08. The molecule has 1 heteroatoms. The molecule has 0 aliphatic heterocycles. The number of hydrogen-bond donors (Lipinski definition) is 0. The van der Waals surface area contributed by atoms with Crippen molar-refractivity contribution in [2.75, 3.05) is 0 Å². The van der Waals surface area contributed by atoms with Gasteiger partial charge in [-0.15, -0.1) is 0 Å². The second kappa shape index (κ2) is 2.88. The van der Waals surface area contributed by atoms with Crippen LogP contribution in [0.3, 0.4) is 0 Å². The fourth-order valence-corrected chi connectivity index (χ4v) is 0.687. The second-order valence-corrected chi connectivity index (χ2v) is 1.82. The third-order valence-electron chi connectivity index (χ3n) is 1.13. The third kappa shape index (κ3) is 1.58.